The van der Waals surface area contributed by atoms with E-state index in [0.29, 0.717) is 0 Å². The largest absolute Gasteiger partial charge is 0.395 e. The minimum Gasteiger partial charge on any atom is -0.395 e. The Bertz CT molecular complexity index is 74.0. The van der Waals surface area contributed by atoms with Crippen molar-refractivity contribution in [3.05, 3.63) is 0 Å². The summed E-state index contributed by atoms with van der Waals surface area (Å²) in [6.45, 7) is -0.488. The van der Waals surface area contributed by atoms with Crippen molar-refractivity contribution in [2.24, 2.45) is 0 Å². The van der Waals surface area contributed by atoms with Gasteiger partial charge >= 0.3 is 0 Å². The Morgan fingerprint density at radius 3 is 1.90 bits per heavy atom. The van der Waals surface area contributed by atoms with Crippen molar-refractivity contribution in [1.29, 1.82) is 0 Å². The van der Waals surface area contributed by atoms with Gasteiger partial charge in [-0.05, 0) is 0 Å². The number of rotatable bonds is 5. The van der Waals surface area contributed by atoms with Gasteiger partial charge in [-0.2, -0.15) is 0 Å². The standard InChI is InChI=1S/C5H13NO4/c7-2-4(3-8)6-1-5(9)10/h4-10H,1-3H2. The molecule has 0 spiro atoms. The van der Waals surface area contributed by atoms with Gasteiger partial charge in [-0.15, -0.1) is 0 Å². The molecule has 0 aliphatic carbocycles. The third-order valence-corrected chi connectivity index (χ3v) is 1.03. The van der Waals surface area contributed by atoms with Gasteiger partial charge in [0.15, 0.2) is 6.29 Å². The van der Waals surface area contributed by atoms with Gasteiger partial charge in [0.2, 0.25) is 0 Å². The minimum atomic E-state index is -1.44. The normalized spacial score (nSPS) is 11.4. The van der Waals surface area contributed by atoms with E-state index in [4.69, 9.17) is 20.4 Å². The van der Waals surface area contributed by atoms with Gasteiger partial charge in [0.25, 0.3) is 0 Å². The molecule has 0 bridgehead atoms. The minimum absolute atomic E-state index is 0.0498. The van der Waals surface area contributed by atoms with E-state index in [1.54, 1.807) is 0 Å². The highest BCUT2D eigenvalue weighted by atomic mass is 16.5. The Kier molecular flexibility index (Phi) is 5.46. The molecule has 0 fully saturated rings. The predicted octanol–water partition coefficient (Wildman–Crippen LogP) is -2.76. The molecule has 5 N–H and O–H groups in total. The smallest absolute Gasteiger partial charge is 0.164 e. The van der Waals surface area contributed by atoms with Gasteiger partial charge in [0, 0.05) is 6.54 Å². The lowest BCUT2D eigenvalue weighted by Gasteiger charge is -2.13. The van der Waals surface area contributed by atoms with Crippen LogP contribution in [0.5, 0.6) is 0 Å². The summed E-state index contributed by atoms with van der Waals surface area (Å²) in [5, 5.41) is 36.1. The first-order valence-corrected chi connectivity index (χ1v) is 3.02. The van der Waals surface area contributed by atoms with E-state index in [2.05, 4.69) is 5.32 Å². The zero-order valence-electron chi connectivity index (χ0n) is 5.56. The van der Waals surface area contributed by atoms with Gasteiger partial charge in [-0.25, -0.2) is 0 Å². The lowest BCUT2D eigenvalue weighted by molar-refractivity contribution is -0.0409. The molecule has 0 unspecified atom stereocenters. The Balaban J connectivity index is 3.26. The van der Waals surface area contributed by atoms with Crippen LogP contribution in [0.4, 0.5) is 0 Å². The molecule has 5 nitrogen and oxygen atoms in total. The quantitative estimate of drug-likeness (QED) is 0.274. The van der Waals surface area contributed by atoms with E-state index in [1.165, 1.54) is 0 Å². The zero-order chi connectivity index (χ0) is 7.98. The van der Waals surface area contributed by atoms with Crippen LogP contribution < -0.4 is 5.32 Å². The molecule has 0 aromatic rings. The van der Waals surface area contributed by atoms with E-state index in [9.17, 15) is 0 Å². The molecule has 0 saturated carbocycles. The Morgan fingerprint density at radius 2 is 1.60 bits per heavy atom. The van der Waals surface area contributed by atoms with E-state index in [-0.39, 0.29) is 19.8 Å². The SMILES string of the molecule is OCC(CO)NCC(O)O. The molecule has 0 saturated heterocycles. The van der Waals surface area contributed by atoms with Crippen molar-refractivity contribution >= 4 is 0 Å². The number of nitrogens with one attached hydrogen (secondary N) is 1. The highest BCUT2D eigenvalue weighted by molar-refractivity contribution is 4.62. The van der Waals surface area contributed by atoms with Crippen LogP contribution in [-0.4, -0.2) is 52.5 Å². The molecule has 0 atom stereocenters. The summed E-state index contributed by atoms with van der Waals surface area (Å²) in [5.74, 6) is 0. The second-order valence-electron chi connectivity index (χ2n) is 1.95. The van der Waals surface area contributed by atoms with Gasteiger partial charge in [-0.3, -0.25) is 0 Å². The molecule has 0 radical (unpaired) electrons. The maximum absolute atomic E-state index is 8.45. The van der Waals surface area contributed by atoms with Crippen LogP contribution in [0.1, 0.15) is 0 Å². The second kappa shape index (κ2) is 5.57. The predicted molar refractivity (Wildman–Crippen MR) is 34.2 cm³/mol. The average Bonchev–Trinajstić information content (AvgIpc) is 1.90. The van der Waals surface area contributed by atoms with Crippen molar-refractivity contribution in [3.8, 4) is 0 Å². The topological polar surface area (TPSA) is 93.0 Å². The summed E-state index contributed by atoms with van der Waals surface area (Å²) in [6, 6.07) is -0.471. The van der Waals surface area contributed by atoms with Crippen molar-refractivity contribution in [1.82, 2.24) is 5.32 Å². The molecular formula is C5H13NO4. The summed E-state index contributed by atoms with van der Waals surface area (Å²) in [5.41, 5.74) is 0. The first kappa shape index (κ1) is 9.80. The number of hydrogen-bond donors (Lipinski definition) is 5. The van der Waals surface area contributed by atoms with Gasteiger partial charge < -0.3 is 25.7 Å². The molecule has 10 heavy (non-hydrogen) atoms. The Labute approximate surface area is 58.9 Å². The van der Waals surface area contributed by atoms with Crippen molar-refractivity contribution in [2.75, 3.05) is 19.8 Å². The van der Waals surface area contributed by atoms with Gasteiger partial charge in [0.1, 0.15) is 0 Å². The summed E-state index contributed by atoms with van der Waals surface area (Å²) in [6.07, 6.45) is -1.44. The van der Waals surface area contributed by atoms with Crippen LogP contribution in [0.25, 0.3) is 0 Å². The molecule has 0 aromatic carbocycles. The van der Waals surface area contributed by atoms with Gasteiger partial charge in [-0.1, -0.05) is 0 Å². The summed E-state index contributed by atoms with van der Waals surface area (Å²) in [4.78, 5) is 0. The van der Waals surface area contributed by atoms with Crippen LogP contribution in [0.2, 0.25) is 0 Å². The molecule has 0 aromatic heterocycles. The third-order valence-electron chi connectivity index (χ3n) is 1.03. The van der Waals surface area contributed by atoms with E-state index in [1.807, 2.05) is 0 Å². The molecular weight excluding hydrogens is 138 g/mol. The number of aliphatic hydroxyl groups is 4. The average molecular weight is 151 g/mol. The summed E-state index contributed by atoms with van der Waals surface area (Å²) < 4.78 is 0. The fourth-order valence-corrected chi connectivity index (χ4v) is 0.459. The molecule has 62 valence electrons. The molecule has 0 aliphatic rings. The molecule has 0 rings (SSSR count). The van der Waals surface area contributed by atoms with E-state index in [0.717, 1.165) is 0 Å². The number of hydrogen-bond acceptors (Lipinski definition) is 5. The zero-order valence-corrected chi connectivity index (χ0v) is 5.56. The van der Waals surface area contributed by atoms with Crippen LogP contribution in [0.3, 0.4) is 0 Å². The summed E-state index contributed by atoms with van der Waals surface area (Å²) >= 11 is 0. The molecule has 0 aliphatic heterocycles. The van der Waals surface area contributed by atoms with Crippen LogP contribution in [-0.2, 0) is 0 Å². The number of aliphatic hydroxyl groups excluding tert-OH is 3. The fourth-order valence-electron chi connectivity index (χ4n) is 0.459. The van der Waals surface area contributed by atoms with Crippen molar-refractivity contribution in [3.63, 3.8) is 0 Å². The monoisotopic (exact) mass is 151 g/mol. The lowest BCUT2D eigenvalue weighted by atomic mass is 10.3. The van der Waals surface area contributed by atoms with Crippen molar-refractivity contribution in [2.45, 2.75) is 12.3 Å². The molecule has 0 amide bonds. The second-order valence-corrected chi connectivity index (χ2v) is 1.95. The van der Waals surface area contributed by atoms with E-state index >= 15 is 0 Å². The Hall–Kier alpha value is -0.200. The highest BCUT2D eigenvalue weighted by Crippen LogP contribution is 1.79. The summed E-state index contributed by atoms with van der Waals surface area (Å²) in [7, 11) is 0. The molecule has 5 heteroatoms. The maximum atomic E-state index is 8.45. The van der Waals surface area contributed by atoms with Crippen LogP contribution >= 0.6 is 0 Å². The van der Waals surface area contributed by atoms with Crippen LogP contribution in [0, 0.1) is 0 Å². The third kappa shape index (κ3) is 4.66. The highest BCUT2D eigenvalue weighted by Gasteiger charge is 2.05. The Morgan fingerprint density at radius 1 is 1.10 bits per heavy atom. The maximum Gasteiger partial charge on any atom is 0.164 e. The van der Waals surface area contributed by atoms with Crippen molar-refractivity contribution < 1.29 is 20.4 Å². The van der Waals surface area contributed by atoms with Crippen LogP contribution in [0.15, 0.2) is 0 Å². The van der Waals surface area contributed by atoms with Gasteiger partial charge in [0.05, 0.1) is 19.3 Å². The first-order chi connectivity index (χ1) is 4.70. The fraction of sp³-hybridized carbons (Fsp3) is 1.00. The van der Waals surface area contributed by atoms with E-state index < -0.39 is 12.3 Å². The molecule has 0 heterocycles. The first-order valence-electron chi connectivity index (χ1n) is 3.02. The lowest BCUT2D eigenvalue weighted by Crippen LogP contribution is -2.40.